The second kappa shape index (κ2) is 6.12. The first kappa shape index (κ1) is 14.0. The molecular formula is C14H12F2N2O2. The topological polar surface area (TPSA) is 61.4 Å². The average molecular weight is 278 g/mol. The van der Waals surface area contributed by atoms with Gasteiger partial charge >= 0.3 is 6.03 Å². The first-order chi connectivity index (χ1) is 9.58. The minimum atomic E-state index is -0.781. The van der Waals surface area contributed by atoms with E-state index in [4.69, 9.17) is 5.11 Å². The summed E-state index contributed by atoms with van der Waals surface area (Å²) in [4.78, 5) is 11.7. The number of carbonyl (C=O) groups is 1. The van der Waals surface area contributed by atoms with E-state index in [0.717, 1.165) is 12.1 Å². The zero-order valence-electron chi connectivity index (χ0n) is 10.4. The van der Waals surface area contributed by atoms with Crippen LogP contribution in [0.5, 0.6) is 0 Å². The highest BCUT2D eigenvalue weighted by Crippen LogP contribution is 2.16. The van der Waals surface area contributed by atoms with Crippen LogP contribution in [0.2, 0.25) is 0 Å². The summed E-state index contributed by atoms with van der Waals surface area (Å²) in [5.74, 6) is -1.56. The van der Waals surface area contributed by atoms with Crippen molar-refractivity contribution in [1.82, 2.24) is 0 Å². The molecule has 0 saturated carbocycles. The van der Waals surface area contributed by atoms with Gasteiger partial charge in [-0.25, -0.2) is 13.6 Å². The Labute approximate surface area is 114 Å². The smallest absolute Gasteiger partial charge is 0.323 e. The van der Waals surface area contributed by atoms with Crippen molar-refractivity contribution in [3.8, 4) is 0 Å². The maximum absolute atomic E-state index is 13.0. The van der Waals surface area contributed by atoms with Gasteiger partial charge in [-0.1, -0.05) is 18.2 Å². The Bertz CT molecular complexity index is 612. The summed E-state index contributed by atoms with van der Waals surface area (Å²) in [6.45, 7) is -0.231. The standard InChI is InChI=1S/C14H12F2N2O2/c15-10-5-11(16)7-12(6-10)17-14(20)18-13-4-2-1-3-9(13)8-19/h1-7,19H,8H2,(H2,17,18,20). The monoisotopic (exact) mass is 278 g/mol. The Kier molecular flexibility index (Phi) is 4.27. The molecule has 0 aromatic heterocycles. The molecule has 0 fully saturated rings. The van der Waals surface area contributed by atoms with Crippen molar-refractivity contribution in [1.29, 1.82) is 0 Å². The van der Waals surface area contributed by atoms with Crippen molar-refractivity contribution in [2.45, 2.75) is 6.61 Å². The molecule has 0 atom stereocenters. The quantitative estimate of drug-likeness (QED) is 0.808. The third-order valence-corrected chi connectivity index (χ3v) is 2.56. The summed E-state index contributed by atoms with van der Waals surface area (Å²) in [5, 5.41) is 13.9. The predicted molar refractivity (Wildman–Crippen MR) is 71.4 cm³/mol. The van der Waals surface area contributed by atoms with Crippen molar-refractivity contribution in [2.24, 2.45) is 0 Å². The van der Waals surface area contributed by atoms with Crippen molar-refractivity contribution in [3.63, 3.8) is 0 Å². The van der Waals surface area contributed by atoms with Crippen LogP contribution in [0.3, 0.4) is 0 Å². The molecule has 0 aliphatic heterocycles. The number of nitrogens with one attached hydrogen (secondary N) is 2. The summed E-state index contributed by atoms with van der Waals surface area (Å²) in [7, 11) is 0. The second-order valence-corrected chi connectivity index (χ2v) is 4.05. The molecule has 0 saturated heterocycles. The van der Waals surface area contributed by atoms with Crippen molar-refractivity contribution < 1.29 is 18.7 Å². The third kappa shape index (κ3) is 3.52. The van der Waals surface area contributed by atoms with Gasteiger partial charge in [-0.2, -0.15) is 0 Å². The van der Waals surface area contributed by atoms with E-state index < -0.39 is 17.7 Å². The van der Waals surface area contributed by atoms with E-state index in [1.807, 2.05) is 0 Å². The SMILES string of the molecule is O=C(Nc1cc(F)cc(F)c1)Nc1ccccc1CO. The van der Waals surface area contributed by atoms with Gasteiger partial charge in [-0.15, -0.1) is 0 Å². The number of benzene rings is 2. The van der Waals surface area contributed by atoms with Crippen LogP contribution in [0.4, 0.5) is 25.0 Å². The number of amides is 2. The molecule has 0 aliphatic rings. The summed E-state index contributed by atoms with van der Waals surface area (Å²) in [5.41, 5.74) is 0.957. The highest BCUT2D eigenvalue weighted by Gasteiger charge is 2.07. The molecule has 0 unspecified atom stereocenters. The maximum atomic E-state index is 13.0. The van der Waals surface area contributed by atoms with E-state index in [0.29, 0.717) is 17.3 Å². The molecule has 3 N–H and O–H groups in total. The zero-order valence-corrected chi connectivity index (χ0v) is 10.4. The summed E-state index contributed by atoms with van der Waals surface area (Å²) in [6.07, 6.45) is 0. The fourth-order valence-electron chi connectivity index (χ4n) is 1.69. The van der Waals surface area contributed by atoms with Crippen LogP contribution in [0.25, 0.3) is 0 Å². The number of para-hydroxylation sites is 1. The summed E-state index contributed by atoms with van der Waals surface area (Å²) >= 11 is 0. The van der Waals surface area contributed by atoms with E-state index in [1.54, 1.807) is 24.3 Å². The number of urea groups is 1. The number of hydrogen-bond acceptors (Lipinski definition) is 2. The fourth-order valence-corrected chi connectivity index (χ4v) is 1.69. The first-order valence-corrected chi connectivity index (χ1v) is 5.81. The molecule has 2 rings (SSSR count). The molecule has 0 heterocycles. The van der Waals surface area contributed by atoms with Crippen LogP contribution in [0, 0.1) is 11.6 Å². The highest BCUT2D eigenvalue weighted by atomic mass is 19.1. The lowest BCUT2D eigenvalue weighted by Gasteiger charge is -2.10. The van der Waals surface area contributed by atoms with Crippen LogP contribution in [0.15, 0.2) is 42.5 Å². The van der Waals surface area contributed by atoms with Crippen LogP contribution in [-0.4, -0.2) is 11.1 Å². The molecule has 104 valence electrons. The Morgan fingerprint density at radius 1 is 1.05 bits per heavy atom. The fraction of sp³-hybridized carbons (Fsp3) is 0.0714. The summed E-state index contributed by atoms with van der Waals surface area (Å²) in [6, 6.07) is 8.73. The van der Waals surface area contributed by atoms with Gasteiger partial charge in [-0.3, -0.25) is 0 Å². The number of anilines is 2. The minimum absolute atomic E-state index is 0.00137. The largest absolute Gasteiger partial charge is 0.392 e. The molecule has 2 aromatic rings. The van der Waals surface area contributed by atoms with Gasteiger partial charge in [0.2, 0.25) is 0 Å². The van der Waals surface area contributed by atoms with E-state index in [-0.39, 0.29) is 12.3 Å². The number of aliphatic hydroxyl groups excluding tert-OH is 1. The Morgan fingerprint density at radius 2 is 1.70 bits per heavy atom. The second-order valence-electron chi connectivity index (χ2n) is 4.05. The molecule has 2 amide bonds. The molecular weight excluding hydrogens is 266 g/mol. The molecule has 0 radical (unpaired) electrons. The van der Waals surface area contributed by atoms with E-state index in [2.05, 4.69) is 10.6 Å². The minimum Gasteiger partial charge on any atom is -0.392 e. The van der Waals surface area contributed by atoms with Gasteiger partial charge in [0.05, 0.1) is 6.61 Å². The lowest BCUT2D eigenvalue weighted by Crippen LogP contribution is -2.20. The zero-order chi connectivity index (χ0) is 14.5. The molecule has 0 spiro atoms. The van der Waals surface area contributed by atoms with Crippen molar-refractivity contribution in [2.75, 3.05) is 10.6 Å². The maximum Gasteiger partial charge on any atom is 0.323 e. The average Bonchev–Trinajstić information content (AvgIpc) is 2.37. The van der Waals surface area contributed by atoms with Crippen LogP contribution >= 0.6 is 0 Å². The lowest BCUT2D eigenvalue weighted by molar-refractivity contribution is 0.262. The third-order valence-electron chi connectivity index (χ3n) is 2.56. The number of halogens is 2. The van der Waals surface area contributed by atoms with Gasteiger partial charge in [0.15, 0.2) is 0 Å². The van der Waals surface area contributed by atoms with Gasteiger partial charge in [-0.05, 0) is 18.2 Å². The normalized spacial score (nSPS) is 10.2. The predicted octanol–water partition coefficient (Wildman–Crippen LogP) is 3.10. The van der Waals surface area contributed by atoms with E-state index in [1.165, 1.54) is 0 Å². The summed E-state index contributed by atoms with van der Waals surface area (Å²) < 4.78 is 26.0. The van der Waals surface area contributed by atoms with Gasteiger partial charge in [0.1, 0.15) is 11.6 Å². The lowest BCUT2D eigenvalue weighted by atomic mass is 10.2. The van der Waals surface area contributed by atoms with Gasteiger partial charge in [0.25, 0.3) is 0 Å². The van der Waals surface area contributed by atoms with E-state index >= 15 is 0 Å². The number of rotatable bonds is 3. The van der Waals surface area contributed by atoms with Crippen LogP contribution in [0.1, 0.15) is 5.56 Å². The Balaban J connectivity index is 2.09. The molecule has 4 nitrogen and oxygen atoms in total. The first-order valence-electron chi connectivity index (χ1n) is 5.81. The van der Waals surface area contributed by atoms with Crippen LogP contribution < -0.4 is 10.6 Å². The molecule has 2 aromatic carbocycles. The number of hydrogen-bond donors (Lipinski definition) is 3. The molecule has 0 bridgehead atoms. The van der Waals surface area contributed by atoms with E-state index in [9.17, 15) is 13.6 Å². The van der Waals surface area contributed by atoms with Gasteiger partial charge < -0.3 is 15.7 Å². The van der Waals surface area contributed by atoms with Crippen molar-refractivity contribution >= 4 is 17.4 Å². The number of aliphatic hydroxyl groups is 1. The molecule has 20 heavy (non-hydrogen) atoms. The Morgan fingerprint density at radius 3 is 2.35 bits per heavy atom. The van der Waals surface area contributed by atoms with Gasteiger partial charge in [0, 0.05) is 23.0 Å². The highest BCUT2D eigenvalue weighted by molar-refractivity contribution is 6.00. The molecule has 0 aliphatic carbocycles. The Hall–Kier alpha value is -2.47. The van der Waals surface area contributed by atoms with Crippen LogP contribution in [-0.2, 0) is 6.61 Å². The van der Waals surface area contributed by atoms with Crippen molar-refractivity contribution in [3.05, 3.63) is 59.7 Å². The molecule has 6 heteroatoms. The number of carbonyl (C=O) groups excluding carboxylic acids is 1.